The number of hydrogen-bond acceptors (Lipinski definition) is 3. The average Bonchev–Trinajstić information content (AvgIpc) is 3.56. The number of sulfonamides is 1. The van der Waals surface area contributed by atoms with Crippen molar-refractivity contribution in [1.82, 2.24) is 5.32 Å². The van der Waals surface area contributed by atoms with Crippen LogP contribution in [0, 0.1) is 0 Å². The van der Waals surface area contributed by atoms with Crippen molar-refractivity contribution < 1.29 is 13.2 Å². The maximum atomic E-state index is 13.0. The van der Waals surface area contributed by atoms with Crippen LogP contribution >= 0.6 is 0 Å². The van der Waals surface area contributed by atoms with Crippen LogP contribution in [0.25, 0.3) is 0 Å². The third-order valence-electron chi connectivity index (χ3n) is 6.85. The van der Waals surface area contributed by atoms with Gasteiger partial charge >= 0.3 is 0 Å². The van der Waals surface area contributed by atoms with Crippen LogP contribution in [0.2, 0.25) is 0 Å². The Morgan fingerprint density at radius 1 is 0.906 bits per heavy atom. The minimum Gasteiger partial charge on any atom is -0.353 e. The fourth-order valence-electron chi connectivity index (χ4n) is 4.55. The van der Waals surface area contributed by atoms with E-state index in [0.29, 0.717) is 11.7 Å². The van der Waals surface area contributed by atoms with Gasteiger partial charge in [0.1, 0.15) is 0 Å². The quantitative estimate of drug-likeness (QED) is 0.625. The van der Waals surface area contributed by atoms with Gasteiger partial charge in [0.15, 0.2) is 0 Å². The molecular weight excluding hydrogens is 420 g/mol. The van der Waals surface area contributed by atoms with Gasteiger partial charge in [-0.2, -0.15) is 0 Å². The van der Waals surface area contributed by atoms with E-state index in [2.05, 4.69) is 30.8 Å². The topological polar surface area (TPSA) is 75.3 Å². The van der Waals surface area contributed by atoms with Gasteiger partial charge < -0.3 is 5.32 Å². The first-order chi connectivity index (χ1) is 15.1. The van der Waals surface area contributed by atoms with E-state index >= 15 is 0 Å². The Labute approximate surface area is 192 Å². The highest BCUT2D eigenvalue weighted by Crippen LogP contribution is 2.49. The van der Waals surface area contributed by atoms with Crippen LogP contribution in [-0.2, 0) is 25.6 Å². The molecular formula is C26H34N2O3S. The molecule has 2 fully saturated rings. The predicted octanol–water partition coefficient (Wildman–Crippen LogP) is 5.27. The first kappa shape index (κ1) is 22.8. The Morgan fingerprint density at radius 3 is 2.03 bits per heavy atom. The molecule has 6 heteroatoms. The fraction of sp³-hybridized carbons (Fsp3) is 0.500. The molecule has 2 N–H and O–H groups in total. The number of hydrogen-bond donors (Lipinski definition) is 2. The van der Waals surface area contributed by atoms with Crippen molar-refractivity contribution in [2.45, 2.75) is 87.5 Å². The number of carbonyl (C=O) groups is 1. The fourth-order valence-corrected chi connectivity index (χ4v) is 5.61. The first-order valence-electron chi connectivity index (χ1n) is 11.7. The molecule has 0 aromatic heterocycles. The van der Waals surface area contributed by atoms with Crippen molar-refractivity contribution in [3.63, 3.8) is 0 Å². The molecule has 0 bridgehead atoms. The van der Waals surface area contributed by atoms with E-state index in [1.165, 1.54) is 19.3 Å². The third kappa shape index (κ3) is 4.85. The van der Waals surface area contributed by atoms with Crippen LogP contribution in [0.4, 0.5) is 5.69 Å². The summed E-state index contributed by atoms with van der Waals surface area (Å²) in [6.45, 7) is 6.29. The van der Waals surface area contributed by atoms with Gasteiger partial charge in [0.25, 0.3) is 10.0 Å². The van der Waals surface area contributed by atoms with Crippen LogP contribution in [0.1, 0.15) is 76.8 Å². The number of amides is 1. The van der Waals surface area contributed by atoms with E-state index in [0.717, 1.165) is 36.8 Å². The van der Waals surface area contributed by atoms with Crippen LogP contribution < -0.4 is 10.0 Å². The molecule has 172 valence electrons. The monoisotopic (exact) mass is 454 g/mol. The molecule has 4 rings (SSSR count). The SMILES string of the molecule is CC(C)(C)c1ccc(S(=O)(=O)Nc2ccc(C3(C(=O)NC4CCCCC4)CC3)cc2)cc1. The minimum absolute atomic E-state index is 0.0341. The van der Waals surface area contributed by atoms with Crippen molar-refractivity contribution >= 4 is 21.6 Å². The van der Waals surface area contributed by atoms with Gasteiger partial charge in [0, 0.05) is 11.7 Å². The molecule has 0 aliphatic heterocycles. The summed E-state index contributed by atoms with van der Waals surface area (Å²) in [6, 6.07) is 14.6. The lowest BCUT2D eigenvalue weighted by molar-refractivity contribution is -0.124. The number of carbonyl (C=O) groups excluding carboxylic acids is 1. The smallest absolute Gasteiger partial charge is 0.261 e. The van der Waals surface area contributed by atoms with Crippen LogP contribution in [-0.4, -0.2) is 20.4 Å². The molecule has 0 atom stereocenters. The van der Waals surface area contributed by atoms with E-state index in [-0.39, 0.29) is 16.2 Å². The van der Waals surface area contributed by atoms with Gasteiger partial charge in [-0.25, -0.2) is 8.42 Å². The van der Waals surface area contributed by atoms with E-state index in [4.69, 9.17) is 0 Å². The predicted molar refractivity (Wildman–Crippen MR) is 128 cm³/mol. The molecule has 32 heavy (non-hydrogen) atoms. The van der Waals surface area contributed by atoms with Crippen molar-refractivity contribution in [1.29, 1.82) is 0 Å². The molecule has 2 aliphatic carbocycles. The molecule has 2 aromatic rings. The second-order valence-electron chi connectivity index (χ2n) is 10.3. The summed E-state index contributed by atoms with van der Waals surface area (Å²) in [5, 5.41) is 3.26. The lowest BCUT2D eigenvalue weighted by Gasteiger charge is -2.25. The van der Waals surface area contributed by atoms with E-state index in [9.17, 15) is 13.2 Å². The van der Waals surface area contributed by atoms with E-state index in [1.54, 1.807) is 24.3 Å². The summed E-state index contributed by atoms with van der Waals surface area (Å²) >= 11 is 0. The van der Waals surface area contributed by atoms with Crippen molar-refractivity contribution in [2.24, 2.45) is 0 Å². The lowest BCUT2D eigenvalue weighted by Crippen LogP contribution is -2.42. The zero-order valence-corrected chi connectivity index (χ0v) is 20.1. The second kappa shape index (κ2) is 8.54. The number of benzene rings is 2. The van der Waals surface area contributed by atoms with Gasteiger partial charge in [-0.05, 0) is 66.5 Å². The summed E-state index contributed by atoms with van der Waals surface area (Å²) in [5.74, 6) is 0.122. The molecule has 0 heterocycles. The number of nitrogens with one attached hydrogen (secondary N) is 2. The largest absolute Gasteiger partial charge is 0.353 e. The lowest BCUT2D eigenvalue weighted by atomic mass is 9.87. The van der Waals surface area contributed by atoms with Gasteiger partial charge in [-0.3, -0.25) is 9.52 Å². The molecule has 1 amide bonds. The number of anilines is 1. The maximum absolute atomic E-state index is 13.0. The van der Waals surface area contributed by atoms with Crippen LogP contribution in [0.3, 0.4) is 0 Å². The van der Waals surface area contributed by atoms with E-state index in [1.807, 2.05) is 24.3 Å². The molecule has 0 saturated heterocycles. The van der Waals surface area contributed by atoms with Crippen molar-refractivity contribution in [2.75, 3.05) is 4.72 Å². The summed E-state index contributed by atoms with van der Waals surface area (Å²) in [7, 11) is -3.67. The Morgan fingerprint density at radius 2 is 1.50 bits per heavy atom. The minimum atomic E-state index is -3.67. The third-order valence-corrected chi connectivity index (χ3v) is 8.24. The first-order valence-corrected chi connectivity index (χ1v) is 13.1. The van der Waals surface area contributed by atoms with Gasteiger partial charge in [-0.15, -0.1) is 0 Å². The van der Waals surface area contributed by atoms with Gasteiger partial charge in [-0.1, -0.05) is 64.3 Å². The van der Waals surface area contributed by atoms with Gasteiger partial charge in [0.05, 0.1) is 10.3 Å². The Hall–Kier alpha value is -2.34. The molecule has 2 aliphatic rings. The van der Waals surface area contributed by atoms with Crippen LogP contribution in [0.5, 0.6) is 0 Å². The standard InChI is InChI=1S/C26H34N2O3S/c1-25(2,3)19-11-15-23(16-12-19)32(30,31)28-22-13-9-20(10-14-22)26(17-18-26)24(29)27-21-7-5-4-6-8-21/h9-16,21,28H,4-8,17-18H2,1-3H3,(H,27,29). The Balaban J connectivity index is 1.43. The Kier molecular flexibility index (Phi) is 6.10. The van der Waals surface area contributed by atoms with E-state index < -0.39 is 15.4 Å². The van der Waals surface area contributed by atoms with Crippen molar-refractivity contribution in [3.05, 3.63) is 59.7 Å². The second-order valence-corrected chi connectivity index (χ2v) is 12.0. The number of rotatable bonds is 6. The molecule has 2 saturated carbocycles. The molecule has 0 spiro atoms. The zero-order valence-electron chi connectivity index (χ0n) is 19.3. The van der Waals surface area contributed by atoms with Crippen molar-refractivity contribution in [3.8, 4) is 0 Å². The highest BCUT2D eigenvalue weighted by Gasteiger charge is 2.51. The summed E-state index contributed by atoms with van der Waals surface area (Å²) in [4.78, 5) is 13.2. The Bertz CT molecular complexity index is 1060. The zero-order chi connectivity index (χ0) is 23.0. The summed E-state index contributed by atoms with van der Waals surface area (Å²) in [6.07, 6.45) is 7.46. The van der Waals surface area contributed by atoms with Gasteiger partial charge in [0.2, 0.25) is 5.91 Å². The molecule has 5 nitrogen and oxygen atoms in total. The summed E-state index contributed by atoms with van der Waals surface area (Å²) in [5.41, 5.74) is 2.06. The maximum Gasteiger partial charge on any atom is 0.261 e. The highest BCUT2D eigenvalue weighted by atomic mass is 32.2. The average molecular weight is 455 g/mol. The molecule has 0 unspecified atom stereocenters. The highest BCUT2D eigenvalue weighted by molar-refractivity contribution is 7.92. The normalized spacial score (nSPS) is 18.7. The van der Waals surface area contributed by atoms with Crippen LogP contribution in [0.15, 0.2) is 53.4 Å². The molecule has 2 aromatic carbocycles. The molecule has 0 radical (unpaired) electrons. The summed E-state index contributed by atoms with van der Waals surface area (Å²) < 4.78 is 28.3.